The molecule has 0 aliphatic heterocycles. The summed E-state index contributed by atoms with van der Waals surface area (Å²) in [6, 6.07) is 4.15. The Balaban J connectivity index is 2.90. The van der Waals surface area contributed by atoms with Crippen LogP contribution in [0.3, 0.4) is 0 Å². The van der Waals surface area contributed by atoms with Gasteiger partial charge >= 0.3 is 0 Å². The Bertz CT molecular complexity index is 800. The number of aromatic nitrogens is 2. The minimum Gasteiger partial charge on any atom is -0.505 e. The fraction of sp³-hybridized carbons (Fsp3) is 0.444. The standard InChI is InChI=1S/C18H23N3O3/c1-5-11-8-12(6-2)15(13(7-3)9-11)16-17(22)14(10-19-24)20-21(4)18(16)23/h8-9,22H,5-7,10H2,1-4H3. The zero-order valence-corrected chi connectivity index (χ0v) is 14.6. The van der Waals surface area contributed by atoms with Crippen molar-refractivity contribution in [3.05, 3.63) is 49.8 Å². The van der Waals surface area contributed by atoms with Gasteiger partial charge in [0.25, 0.3) is 5.56 Å². The smallest absolute Gasteiger partial charge is 0.278 e. The maximum absolute atomic E-state index is 12.7. The molecule has 2 aromatic rings. The van der Waals surface area contributed by atoms with E-state index in [1.54, 1.807) is 0 Å². The maximum Gasteiger partial charge on any atom is 0.278 e. The van der Waals surface area contributed by atoms with Crippen LogP contribution in [0.5, 0.6) is 5.75 Å². The third-order valence-corrected chi connectivity index (χ3v) is 4.28. The van der Waals surface area contributed by atoms with E-state index in [0.29, 0.717) is 0 Å². The Labute approximate surface area is 141 Å². The molecular formula is C18H23N3O3. The molecule has 0 atom stereocenters. The Kier molecular flexibility index (Phi) is 5.49. The number of nitroso groups, excluding NO2 is 1. The van der Waals surface area contributed by atoms with E-state index in [9.17, 15) is 14.8 Å². The molecule has 0 bridgehead atoms. The van der Waals surface area contributed by atoms with Gasteiger partial charge < -0.3 is 5.11 Å². The van der Waals surface area contributed by atoms with Crippen LogP contribution in [0.4, 0.5) is 0 Å². The van der Waals surface area contributed by atoms with Gasteiger partial charge in [-0.2, -0.15) is 10.0 Å². The Hall–Kier alpha value is -2.50. The molecule has 6 nitrogen and oxygen atoms in total. The molecule has 1 aromatic heterocycles. The summed E-state index contributed by atoms with van der Waals surface area (Å²) in [7, 11) is 1.51. The van der Waals surface area contributed by atoms with Gasteiger partial charge in [-0.25, -0.2) is 4.68 Å². The maximum atomic E-state index is 12.7. The quantitative estimate of drug-likeness (QED) is 0.825. The molecule has 0 unspecified atom stereocenters. The predicted octanol–water partition coefficient (Wildman–Crippen LogP) is 3.11. The van der Waals surface area contributed by atoms with Crippen LogP contribution in [0.25, 0.3) is 11.1 Å². The summed E-state index contributed by atoms with van der Waals surface area (Å²) < 4.78 is 1.15. The van der Waals surface area contributed by atoms with E-state index >= 15 is 0 Å². The van der Waals surface area contributed by atoms with Crippen molar-refractivity contribution in [1.29, 1.82) is 0 Å². The van der Waals surface area contributed by atoms with Crippen LogP contribution in [0.2, 0.25) is 0 Å². The highest BCUT2D eigenvalue weighted by atomic mass is 16.3. The Morgan fingerprint density at radius 3 is 2.12 bits per heavy atom. The average Bonchev–Trinajstić information content (AvgIpc) is 2.59. The molecule has 0 aliphatic rings. The number of aromatic hydroxyl groups is 1. The summed E-state index contributed by atoms with van der Waals surface area (Å²) in [5.41, 5.74) is 3.92. The van der Waals surface area contributed by atoms with Crippen molar-refractivity contribution in [1.82, 2.24) is 9.78 Å². The van der Waals surface area contributed by atoms with E-state index in [1.165, 1.54) is 12.6 Å². The fourth-order valence-corrected chi connectivity index (χ4v) is 3.00. The largest absolute Gasteiger partial charge is 0.505 e. The lowest BCUT2D eigenvalue weighted by atomic mass is 9.89. The minimum absolute atomic E-state index is 0.116. The Morgan fingerprint density at radius 1 is 1.08 bits per heavy atom. The summed E-state index contributed by atoms with van der Waals surface area (Å²) >= 11 is 0. The van der Waals surface area contributed by atoms with Gasteiger partial charge in [0.1, 0.15) is 12.2 Å². The number of rotatable bonds is 6. The molecule has 1 aromatic carbocycles. The molecule has 128 valence electrons. The van der Waals surface area contributed by atoms with E-state index in [2.05, 4.69) is 29.3 Å². The van der Waals surface area contributed by atoms with Crippen LogP contribution >= 0.6 is 0 Å². The van der Waals surface area contributed by atoms with E-state index in [4.69, 9.17) is 0 Å². The van der Waals surface area contributed by atoms with Gasteiger partial charge in [0.05, 0.1) is 5.56 Å². The second kappa shape index (κ2) is 7.38. The number of nitrogens with zero attached hydrogens (tertiary/aromatic N) is 3. The van der Waals surface area contributed by atoms with Gasteiger partial charge in [-0.3, -0.25) is 4.79 Å². The van der Waals surface area contributed by atoms with Gasteiger partial charge in [-0.05, 0) is 41.5 Å². The van der Waals surface area contributed by atoms with Crippen LogP contribution in [0, 0.1) is 4.91 Å². The molecule has 0 saturated heterocycles. The lowest BCUT2D eigenvalue weighted by Crippen LogP contribution is -2.24. The lowest BCUT2D eigenvalue weighted by Gasteiger charge is -2.17. The van der Waals surface area contributed by atoms with E-state index in [0.717, 1.165) is 40.6 Å². The number of benzene rings is 1. The lowest BCUT2D eigenvalue weighted by molar-refractivity contribution is 0.456. The minimum atomic E-state index is -0.379. The normalized spacial score (nSPS) is 10.8. The van der Waals surface area contributed by atoms with Crippen molar-refractivity contribution in [2.45, 2.75) is 46.6 Å². The first-order valence-corrected chi connectivity index (χ1v) is 8.21. The third-order valence-electron chi connectivity index (χ3n) is 4.28. The van der Waals surface area contributed by atoms with Crippen molar-refractivity contribution < 1.29 is 5.11 Å². The van der Waals surface area contributed by atoms with Crippen molar-refractivity contribution in [2.75, 3.05) is 0 Å². The molecule has 1 heterocycles. The fourth-order valence-electron chi connectivity index (χ4n) is 3.00. The molecule has 0 aliphatic carbocycles. The highest BCUT2D eigenvalue weighted by molar-refractivity contribution is 5.76. The monoisotopic (exact) mass is 329 g/mol. The predicted molar refractivity (Wildman–Crippen MR) is 94.2 cm³/mol. The number of hydrogen-bond donors (Lipinski definition) is 1. The molecule has 2 rings (SSSR count). The van der Waals surface area contributed by atoms with Gasteiger partial charge in [0, 0.05) is 7.05 Å². The van der Waals surface area contributed by atoms with Crippen LogP contribution in [0.15, 0.2) is 22.1 Å². The Morgan fingerprint density at radius 2 is 1.67 bits per heavy atom. The van der Waals surface area contributed by atoms with Crippen LogP contribution < -0.4 is 5.56 Å². The van der Waals surface area contributed by atoms with Crippen LogP contribution in [-0.2, 0) is 32.9 Å². The number of hydrogen-bond acceptors (Lipinski definition) is 5. The van der Waals surface area contributed by atoms with E-state index in [1.807, 2.05) is 13.8 Å². The molecule has 24 heavy (non-hydrogen) atoms. The van der Waals surface area contributed by atoms with Gasteiger partial charge in [-0.15, -0.1) is 0 Å². The summed E-state index contributed by atoms with van der Waals surface area (Å²) in [6.45, 7) is 5.86. The molecule has 0 radical (unpaired) electrons. The first kappa shape index (κ1) is 17.8. The molecule has 0 fully saturated rings. The number of aryl methyl sites for hydroxylation is 4. The molecule has 0 spiro atoms. The second-order valence-corrected chi connectivity index (χ2v) is 5.74. The molecular weight excluding hydrogens is 306 g/mol. The summed E-state index contributed by atoms with van der Waals surface area (Å²) in [5.74, 6) is -0.244. The van der Waals surface area contributed by atoms with E-state index < -0.39 is 0 Å². The summed E-state index contributed by atoms with van der Waals surface area (Å²) in [5, 5.41) is 17.3. The van der Waals surface area contributed by atoms with Gasteiger partial charge in [0.15, 0.2) is 5.75 Å². The first-order valence-electron chi connectivity index (χ1n) is 8.21. The van der Waals surface area contributed by atoms with Gasteiger partial charge in [-0.1, -0.05) is 38.1 Å². The second-order valence-electron chi connectivity index (χ2n) is 5.74. The van der Waals surface area contributed by atoms with Crippen LogP contribution in [-0.4, -0.2) is 14.9 Å². The first-order chi connectivity index (χ1) is 11.5. The zero-order valence-electron chi connectivity index (χ0n) is 14.6. The SMILES string of the molecule is CCc1cc(CC)c(-c2c(O)c(CN=O)nn(C)c2=O)c(CC)c1. The topological polar surface area (TPSA) is 84.6 Å². The average molecular weight is 329 g/mol. The highest BCUT2D eigenvalue weighted by Crippen LogP contribution is 2.35. The van der Waals surface area contributed by atoms with Gasteiger partial charge in [0.2, 0.25) is 0 Å². The molecule has 0 amide bonds. The zero-order chi connectivity index (χ0) is 17.9. The highest BCUT2D eigenvalue weighted by Gasteiger charge is 2.22. The molecule has 1 N–H and O–H groups in total. The van der Waals surface area contributed by atoms with Crippen molar-refractivity contribution in [3.63, 3.8) is 0 Å². The summed E-state index contributed by atoms with van der Waals surface area (Å²) in [4.78, 5) is 23.3. The van der Waals surface area contributed by atoms with Crippen molar-refractivity contribution in [2.24, 2.45) is 12.2 Å². The van der Waals surface area contributed by atoms with Crippen molar-refractivity contribution >= 4 is 0 Å². The van der Waals surface area contributed by atoms with Crippen LogP contribution in [0.1, 0.15) is 43.2 Å². The van der Waals surface area contributed by atoms with E-state index in [-0.39, 0.29) is 29.1 Å². The molecule has 6 heteroatoms. The van der Waals surface area contributed by atoms with Crippen molar-refractivity contribution in [3.8, 4) is 16.9 Å². The summed E-state index contributed by atoms with van der Waals surface area (Å²) in [6.07, 6.45) is 2.38. The third kappa shape index (κ3) is 3.09. The molecule has 0 saturated carbocycles.